The van der Waals surface area contributed by atoms with Gasteiger partial charge in [-0.15, -0.1) is 5.10 Å². The Hall–Kier alpha value is -2.80. The van der Waals surface area contributed by atoms with Gasteiger partial charge in [-0.25, -0.2) is 9.67 Å². The van der Waals surface area contributed by atoms with Crippen LogP contribution in [-0.2, 0) is 11.5 Å². The summed E-state index contributed by atoms with van der Waals surface area (Å²) in [6.45, 7) is 0.250. The first-order chi connectivity index (χ1) is 10.3. The van der Waals surface area contributed by atoms with Gasteiger partial charge in [-0.1, -0.05) is 0 Å². The molecule has 0 bridgehead atoms. The molecule has 7 heteroatoms. The van der Waals surface area contributed by atoms with E-state index in [1.807, 2.05) is 12.1 Å². The Bertz CT molecular complexity index is 794. The van der Waals surface area contributed by atoms with Crippen molar-refractivity contribution in [2.24, 2.45) is 0 Å². The fourth-order valence-corrected chi connectivity index (χ4v) is 1.97. The van der Waals surface area contributed by atoms with Crippen LogP contribution in [0.1, 0.15) is 0 Å². The van der Waals surface area contributed by atoms with Gasteiger partial charge in [0.2, 0.25) is 5.56 Å². The van der Waals surface area contributed by atoms with Crippen molar-refractivity contribution in [1.82, 2.24) is 24.7 Å². The molecule has 7 nitrogen and oxygen atoms in total. The highest BCUT2D eigenvalue weighted by Crippen LogP contribution is 2.20. The number of H-pyrrole nitrogens is 1. The van der Waals surface area contributed by atoms with Crippen molar-refractivity contribution < 1.29 is 4.74 Å². The lowest BCUT2D eigenvalue weighted by Gasteiger charge is -2.03. The van der Waals surface area contributed by atoms with Crippen molar-refractivity contribution in [3.05, 3.63) is 53.2 Å². The Balaban J connectivity index is 2.11. The predicted octanol–water partition coefficient (Wildman–Crippen LogP) is 1.30. The molecule has 3 rings (SSSR count). The number of aromatic amines is 1. The van der Waals surface area contributed by atoms with Crippen LogP contribution in [0.2, 0.25) is 0 Å². The molecule has 1 N–H and O–H groups in total. The van der Waals surface area contributed by atoms with E-state index in [1.165, 1.54) is 6.07 Å². The van der Waals surface area contributed by atoms with Crippen LogP contribution in [0.5, 0.6) is 0 Å². The number of hydrogen-bond donors (Lipinski definition) is 1. The van der Waals surface area contributed by atoms with Crippen molar-refractivity contribution in [3.8, 4) is 22.8 Å². The SMILES string of the molecule is COCn1nc(-c2ccncc2)nc1-c1cc[nH]c(=O)c1. The molecule has 3 aromatic heterocycles. The van der Waals surface area contributed by atoms with Crippen LogP contribution >= 0.6 is 0 Å². The van der Waals surface area contributed by atoms with Crippen LogP contribution < -0.4 is 5.56 Å². The second kappa shape index (κ2) is 5.68. The van der Waals surface area contributed by atoms with Gasteiger partial charge >= 0.3 is 0 Å². The van der Waals surface area contributed by atoms with Crippen LogP contribution in [0.15, 0.2) is 47.7 Å². The van der Waals surface area contributed by atoms with Crippen LogP contribution in [0.4, 0.5) is 0 Å². The monoisotopic (exact) mass is 283 g/mol. The lowest BCUT2D eigenvalue weighted by atomic mass is 10.2. The number of hydrogen-bond acceptors (Lipinski definition) is 5. The third-order valence-corrected chi connectivity index (χ3v) is 2.89. The number of methoxy groups -OCH3 is 1. The Kier molecular flexibility index (Phi) is 3.57. The Morgan fingerprint density at radius 2 is 2.05 bits per heavy atom. The highest BCUT2D eigenvalue weighted by atomic mass is 16.5. The van der Waals surface area contributed by atoms with Gasteiger partial charge in [-0.05, 0) is 18.2 Å². The average Bonchev–Trinajstić information content (AvgIpc) is 2.93. The van der Waals surface area contributed by atoms with E-state index in [9.17, 15) is 4.79 Å². The Labute approximate surface area is 120 Å². The van der Waals surface area contributed by atoms with E-state index in [1.54, 1.807) is 36.4 Å². The molecule has 0 aliphatic carbocycles. The average molecular weight is 283 g/mol. The number of ether oxygens (including phenoxy) is 1. The first-order valence-corrected chi connectivity index (χ1v) is 6.31. The Morgan fingerprint density at radius 3 is 2.76 bits per heavy atom. The fourth-order valence-electron chi connectivity index (χ4n) is 1.97. The fraction of sp³-hybridized carbons (Fsp3) is 0.143. The minimum Gasteiger partial charge on any atom is -0.362 e. The lowest BCUT2D eigenvalue weighted by molar-refractivity contribution is 0.122. The summed E-state index contributed by atoms with van der Waals surface area (Å²) >= 11 is 0. The van der Waals surface area contributed by atoms with E-state index in [4.69, 9.17) is 4.74 Å². The van der Waals surface area contributed by atoms with E-state index >= 15 is 0 Å². The molecule has 0 unspecified atom stereocenters. The first-order valence-electron chi connectivity index (χ1n) is 6.31. The molecule has 3 aromatic rings. The maximum absolute atomic E-state index is 11.5. The summed E-state index contributed by atoms with van der Waals surface area (Å²) in [5.74, 6) is 1.14. The normalized spacial score (nSPS) is 10.7. The summed E-state index contributed by atoms with van der Waals surface area (Å²) < 4.78 is 6.75. The van der Waals surface area contributed by atoms with Gasteiger partial charge in [-0.3, -0.25) is 9.78 Å². The molecule has 106 valence electrons. The van der Waals surface area contributed by atoms with Gasteiger partial charge in [0.15, 0.2) is 11.6 Å². The second-order valence-corrected chi connectivity index (χ2v) is 4.35. The van der Waals surface area contributed by atoms with Gasteiger partial charge in [0.05, 0.1) is 0 Å². The molecule has 0 atom stereocenters. The third kappa shape index (κ3) is 2.72. The largest absolute Gasteiger partial charge is 0.362 e. The summed E-state index contributed by atoms with van der Waals surface area (Å²) in [6.07, 6.45) is 4.94. The van der Waals surface area contributed by atoms with Gasteiger partial charge in [0.25, 0.3) is 0 Å². The molecular weight excluding hydrogens is 270 g/mol. The first kappa shape index (κ1) is 13.2. The number of aromatic nitrogens is 5. The van der Waals surface area contributed by atoms with Crippen LogP contribution in [0.25, 0.3) is 22.8 Å². The third-order valence-electron chi connectivity index (χ3n) is 2.89. The van der Waals surface area contributed by atoms with E-state index in [2.05, 4.69) is 20.1 Å². The number of nitrogens with zero attached hydrogens (tertiary/aromatic N) is 4. The van der Waals surface area contributed by atoms with E-state index in [0.717, 1.165) is 5.56 Å². The standard InChI is InChI=1S/C14H13N5O2/c1-21-9-19-14(11-4-7-16-12(20)8-11)17-13(18-19)10-2-5-15-6-3-10/h2-8H,9H2,1H3,(H,16,20). The molecule has 0 saturated heterocycles. The lowest BCUT2D eigenvalue weighted by Crippen LogP contribution is -2.07. The molecule has 21 heavy (non-hydrogen) atoms. The zero-order chi connectivity index (χ0) is 14.7. The summed E-state index contributed by atoms with van der Waals surface area (Å²) in [4.78, 5) is 22.5. The van der Waals surface area contributed by atoms with Crippen LogP contribution in [0, 0.1) is 0 Å². The van der Waals surface area contributed by atoms with E-state index in [0.29, 0.717) is 17.2 Å². The van der Waals surface area contributed by atoms with E-state index in [-0.39, 0.29) is 12.3 Å². The Morgan fingerprint density at radius 1 is 1.24 bits per heavy atom. The molecule has 0 radical (unpaired) electrons. The number of pyridine rings is 2. The maximum atomic E-state index is 11.5. The highest BCUT2D eigenvalue weighted by Gasteiger charge is 2.13. The van der Waals surface area contributed by atoms with Crippen molar-refractivity contribution >= 4 is 0 Å². The number of rotatable bonds is 4. The molecule has 0 amide bonds. The molecule has 0 fully saturated rings. The predicted molar refractivity (Wildman–Crippen MR) is 76.3 cm³/mol. The number of nitrogens with one attached hydrogen (secondary N) is 1. The summed E-state index contributed by atoms with van der Waals surface area (Å²) in [6, 6.07) is 6.91. The summed E-state index contributed by atoms with van der Waals surface area (Å²) in [5, 5.41) is 4.42. The molecule has 0 aromatic carbocycles. The highest BCUT2D eigenvalue weighted by molar-refractivity contribution is 5.60. The van der Waals surface area contributed by atoms with Gasteiger partial charge < -0.3 is 9.72 Å². The van der Waals surface area contributed by atoms with Gasteiger partial charge in [0.1, 0.15) is 6.73 Å². The molecular formula is C14H13N5O2. The van der Waals surface area contributed by atoms with Gasteiger partial charge in [-0.2, -0.15) is 0 Å². The van der Waals surface area contributed by atoms with Crippen molar-refractivity contribution in [3.63, 3.8) is 0 Å². The summed E-state index contributed by atoms with van der Waals surface area (Å²) in [7, 11) is 1.58. The molecule has 0 aliphatic heterocycles. The second-order valence-electron chi connectivity index (χ2n) is 4.35. The molecule has 0 spiro atoms. The molecule has 0 aliphatic rings. The van der Waals surface area contributed by atoms with Crippen LogP contribution in [-0.4, -0.2) is 31.8 Å². The van der Waals surface area contributed by atoms with Crippen LogP contribution in [0.3, 0.4) is 0 Å². The smallest absolute Gasteiger partial charge is 0.248 e. The van der Waals surface area contributed by atoms with Gasteiger partial charge in [0, 0.05) is 42.9 Å². The van der Waals surface area contributed by atoms with Crippen molar-refractivity contribution in [2.45, 2.75) is 6.73 Å². The molecule has 0 saturated carbocycles. The molecule has 3 heterocycles. The van der Waals surface area contributed by atoms with Crippen molar-refractivity contribution in [2.75, 3.05) is 7.11 Å². The summed E-state index contributed by atoms with van der Waals surface area (Å²) in [5.41, 5.74) is 1.35. The maximum Gasteiger partial charge on any atom is 0.248 e. The topological polar surface area (TPSA) is 85.7 Å². The minimum absolute atomic E-state index is 0.190. The zero-order valence-electron chi connectivity index (χ0n) is 11.4. The minimum atomic E-state index is -0.190. The van der Waals surface area contributed by atoms with E-state index < -0.39 is 0 Å². The quantitative estimate of drug-likeness (QED) is 0.780. The van der Waals surface area contributed by atoms with Crippen molar-refractivity contribution in [1.29, 1.82) is 0 Å². The zero-order valence-corrected chi connectivity index (χ0v) is 11.4.